The summed E-state index contributed by atoms with van der Waals surface area (Å²) in [6, 6.07) is 5.58. The van der Waals surface area contributed by atoms with E-state index in [0.29, 0.717) is 42.3 Å². The first-order chi connectivity index (χ1) is 13.9. The van der Waals surface area contributed by atoms with Crippen molar-refractivity contribution >= 4 is 29.2 Å². The number of piperazine rings is 1. The van der Waals surface area contributed by atoms with E-state index in [0.717, 1.165) is 0 Å². The Bertz CT molecular complexity index is 938. The predicted molar refractivity (Wildman–Crippen MR) is 114 cm³/mol. The molecule has 8 heteroatoms. The van der Waals surface area contributed by atoms with Crippen LogP contribution in [0.4, 0.5) is 10.8 Å². The highest BCUT2D eigenvalue weighted by atomic mass is 16.6. The van der Waals surface area contributed by atoms with Crippen LogP contribution in [0, 0.1) is 5.41 Å². The molecule has 1 amide bonds. The molecule has 0 spiro atoms. The van der Waals surface area contributed by atoms with Gasteiger partial charge >= 0.3 is 12.1 Å². The number of carbonyl (C=O) groups is 2. The lowest BCUT2D eigenvalue weighted by Gasteiger charge is -2.46. The number of hydrogen-bond donors (Lipinski definition) is 0. The molecular weight excluding hydrogens is 386 g/mol. The first-order valence-electron chi connectivity index (χ1n) is 10.1. The van der Waals surface area contributed by atoms with Gasteiger partial charge in [0.15, 0.2) is 5.58 Å². The number of carbonyl (C=O) groups excluding carboxylic acids is 2. The van der Waals surface area contributed by atoms with Gasteiger partial charge < -0.3 is 23.7 Å². The zero-order valence-corrected chi connectivity index (χ0v) is 18.8. The van der Waals surface area contributed by atoms with Crippen LogP contribution in [0.5, 0.6) is 0 Å². The summed E-state index contributed by atoms with van der Waals surface area (Å²) in [5.74, 6) is -0.456. The molecule has 0 aliphatic carbocycles. The van der Waals surface area contributed by atoms with Gasteiger partial charge in [0.05, 0.1) is 18.7 Å². The number of fused-ring (bicyclic) bond motifs is 1. The molecule has 0 unspecified atom stereocenters. The summed E-state index contributed by atoms with van der Waals surface area (Å²) in [7, 11) is 1.34. The smallest absolute Gasteiger partial charge is 0.410 e. The fraction of sp³-hybridized carbons (Fsp3) is 0.591. The van der Waals surface area contributed by atoms with Crippen LogP contribution in [0.15, 0.2) is 22.6 Å². The van der Waals surface area contributed by atoms with Crippen LogP contribution in [0.2, 0.25) is 0 Å². The Morgan fingerprint density at radius 3 is 2.43 bits per heavy atom. The fourth-order valence-electron chi connectivity index (χ4n) is 3.58. The van der Waals surface area contributed by atoms with Crippen LogP contribution in [-0.2, 0) is 9.47 Å². The second-order valence-electron chi connectivity index (χ2n) is 9.64. The Morgan fingerprint density at radius 1 is 1.13 bits per heavy atom. The van der Waals surface area contributed by atoms with E-state index in [9.17, 15) is 9.59 Å². The van der Waals surface area contributed by atoms with Crippen molar-refractivity contribution in [3.05, 3.63) is 23.8 Å². The second kappa shape index (κ2) is 7.81. The van der Waals surface area contributed by atoms with E-state index in [1.807, 2.05) is 20.8 Å². The topological polar surface area (TPSA) is 85.1 Å². The van der Waals surface area contributed by atoms with Gasteiger partial charge in [-0.3, -0.25) is 0 Å². The Labute approximate surface area is 177 Å². The zero-order chi connectivity index (χ0) is 22.3. The number of nitrogens with zero attached hydrogens (tertiary/aromatic N) is 3. The minimum atomic E-state index is -0.546. The van der Waals surface area contributed by atoms with Gasteiger partial charge in [-0.2, -0.15) is 4.98 Å². The SMILES string of the molecule is COC(=O)c1cccc2oc(N3CCN(C(=O)OC(C)(C)C)C[C@@H]3C(C)(C)C)nc12. The van der Waals surface area contributed by atoms with Crippen molar-refractivity contribution in [2.45, 2.75) is 53.2 Å². The number of benzene rings is 1. The maximum Gasteiger partial charge on any atom is 0.410 e. The minimum Gasteiger partial charge on any atom is -0.465 e. The van der Waals surface area contributed by atoms with Crippen molar-refractivity contribution in [2.24, 2.45) is 5.41 Å². The third-order valence-corrected chi connectivity index (χ3v) is 5.09. The van der Waals surface area contributed by atoms with E-state index in [1.54, 1.807) is 23.1 Å². The Morgan fingerprint density at radius 2 is 1.83 bits per heavy atom. The van der Waals surface area contributed by atoms with Crippen LogP contribution >= 0.6 is 0 Å². The van der Waals surface area contributed by atoms with Crippen molar-refractivity contribution in [3.8, 4) is 0 Å². The van der Waals surface area contributed by atoms with Crippen molar-refractivity contribution in [1.29, 1.82) is 0 Å². The molecular formula is C22H31N3O5. The number of esters is 1. The molecule has 30 heavy (non-hydrogen) atoms. The Balaban J connectivity index is 1.92. The molecule has 1 atom stereocenters. The van der Waals surface area contributed by atoms with E-state index in [-0.39, 0.29) is 17.6 Å². The van der Waals surface area contributed by atoms with E-state index in [2.05, 4.69) is 30.7 Å². The Hall–Kier alpha value is -2.77. The van der Waals surface area contributed by atoms with Crippen molar-refractivity contribution in [2.75, 3.05) is 31.6 Å². The quantitative estimate of drug-likeness (QED) is 0.681. The standard InChI is InChI=1S/C22H31N3O5/c1-21(2,3)16-13-24(20(27)30-22(4,5)6)11-12-25(16)19-23-17-14(18(26)28-7)9-8-10-15(17)29-19/h8-10,16H,11-13H2,1-7H3/t16-/m1/s1. The number of para-hydroxylation sites is 1. The normalized spacial score (nSPS) is 17.9. The Kier molecular flexibility index (Phi) is 5.71. The highest BCUT2D eigenvalue weighted by Crippen LogP contribution is 2.34. The summed E-state index contributed by atoms with van der Waals surface area (Å²) in [6.45, 7) is 13.5. The summed E-state index contributed by atoms with van der Waals surface area (Å²) in [5, 5.41) is 0. The molecule has 1 aliphatic rings. The summed E-state index contributed by atoms with van der Waals surface area (Å²) in [6.07, 6.45) is -0.318. The molecule has 0 radical (unpaired) electrons. The maximum atomic E-state index is 12.6. The summed E-state index contributed by atoms with van der Waals surface area (Å²) in [5.41, 5.74) is 0.657. The second-order valence-corrected chi connectivity index (χ2v) is 9.64. The van der Waals surface area contributed by atoms with Crippen LogP contribution < -0.4 is 4.90 Å². The molecule has 1 fully saturated rings. The van der Waals surface area contributed by atoms with Gasteiger partial charge in [0.25, 0.3) is 6.01 Å². The third kappa shape index (κ3) is 4.52. The van der Waals surface area contributed by atoms with E-state index in [1.165, 1.54) is 7.11 Å². The number of amides is 1. The minimum absolute atomic E-state index is 0.0478. The monoisotopic (exact) mass is 417 g/mol. The molecule has 1 aliphatic heterocycles. The van der Waals surface area contributed by atoms with Crippen LogP contribution in [-0.4, -0.2) is 60.3 Å². The van der Waals surface area contributed by atoms with Crippen molar-refractivity contribution in [1.82, 2.24) is 9.88 Å². The molecule has 1 aromatic carbocycles. The maximum absolute atomic E-state index is 12.6. The molecule has 2 aromatic rings. The molecule has 3 rings (SSSR count). The number of aromatic nitrogens is 1. The lowest BCUT2D eigenvalue weighted by molar-refractivity contribution is 0.0174. The number of ether oxygens (including phenoxy) is 2. The van der Waals surface area contributed by atoms with E-state index >= 15 is 0 Å². The zero-order valence-electron chi connectivity index (χ0n) is 18.8. The first-order valence-corrected chi connectivity index (χ1v) is 10.1. The average molecular weight is 418 g/mol. The molecule has 1 saturated heterocycles. The molecule has 164 valence electrons. The summed E-state index contributed by atoms with van der Waals surface area (Å²) in [4.78, 5) is 33.1. The highest BCUT2D eigenvalue weighted by molar-refractivity contribution is 6.01. The van der Waals surface area contributed by atoms with Crippen LogP contribution in [0.25, 0.3) is 11.1 Å². The lowest BCUT2D eigenvalue weighted by Crippen LogP contribution is -2.60. The van der Waals surface area contributed by atoms with Gasteiger partial charge in [-0.15, -0.1) is 0 Å². The number of hydrogen-bond acceptors (Lipinski definition) is 7. The number of methoxy groups -OCH3 is 1. The lowest BCUT2D eigenvalue weighted by atomic mass is 9.84. The van der Waals surface area contributed by atoms with Gasteiger partial charge in [-0.25, -0.2) is 9.59 Å². The fourth-order valence-corrected chi connectivity index (χ4v) is 3.58. The number of anilines is 1. The van der Waals surface area contributed by atoms with Gasteiger partial charge in [0.1, 0.15) is 11.1 Å². The van der Waals surface area contributed by atoms with Gasteiger partial charge in [0, 0.05) is 19.6 Å². The van der Waals surface area contributed by atoms with E-state index in [4.69, 9.17) is 13.9 Å². The largest absolute Gasteiger partial charge is 0.465 e. The summed E-state index contributed by atoms with van der Waals surface area (Å²) >= 11 is 0. The first kappa shape index (κ1) is 21.9. The average Bonchev–Trinajstić information content (AvgIpc) is 3.09. The number of rotatable bonds is 2. The van der Waals surface area contributed by atoms with Crippen molar-refractivity contribution in [3.63, 3.8) is 0 Å². The van der Waals surface area contributed by atoms with Crippen molar-refractivity contribution < 1.29 is 23.5 Å². The van der Waals surface area contributed by atoms with Gasteiger partial charge in [-0.05, 0) is 38.3 Å². The van der Waals surface area contributed by atoms with Crippen LogP contribution in [0.1, 0.15) is 51.9 Å². The number of oxazole rings is 1. The van der Waals surface area contributed by atoms with Gasteiger partial charge in [0.2, 0.25) is 0 Å². The van der Waals surface area contributed by atoms with Crippen LogP contribution in [0.3, 0.4) is 0 Å². The van der Waals surface area contributed by atoms with Gasteiger partial charge in [-0.1, -0.05) is 26.8 Å². The molecule has 0 saturated carbocycles. The molecule has 2 heterocycles. The van der Waals surface area contributed by atoms with E-state index < -0.39 is 11.6 Å². The third-order valence-electron chi connectivity index (χ3n) is 5.09. The predicted octanol–water partition coefficient (Wildman–Crippen LogP) is 4.09. The highest BCUT2D eigenvalue weighted by Gasteiger charge is 2.40. The molecule has 8 nitrogen and oxygen atoms in total. The molecule has 0 bridgehead atoms. The summed E-state index contributed by atoms with van der Waals surface area (Å²) < 4.78 is 16.4. The molecule has 0 N–H and O–H groups in total. The molecule has 1 aromatic heterocycles.